The Hall–Kier alpha value is -1.62. The average molecular weight is 262 g/mol. The van der Waals surface area contributed by atoms with Crippen molar-refractivity contribution in [2.75, 3.05) is 20.2 Å². The molecule has 0 bridgehead atoms. The van der Waals surface area contributed by atoms with Gasteiger partial charge in [0.1, 0.15) is 5.75 Å². The summed E-state index contributed by atoms with van der Waals surface area (Å²) in [6, 6.07) is 3.91. The molecule has 5 heteroatoms. The molecule has 1 aromatic rings. The van der Waals surface area contributed by atoms with Crippen LogP contribution in [-0.2, 0) is 6.54 Å². The highest BCUT2D eigenvalue weighted by atomic mass is 16.5. The molecule has 0 spiro atoms. The van der Waals surface area contributed by atoms with Crippen LogP contribution in [0.5, 0.6) is 5.75 Å². The second kappa shape index (κ2) is 6.02. The molecule has 1 aliphatic rings. The Kier molecular flexibility index (Phi) is 4.37. The standard InChI is InChI=1S/C14H22N4O/c1-10-6-13(19-2)7-12(17-10)9-18-5-3-4-11(8-18)14(15)16/h6-7,11H,3-5,8-9H2,1-2H3,(H3,15,16). The SMILES string of the molecule is COc1cc(C)nc(CN2CCCC(C(=N)N)C2)c1. The second-order valence-electron chi connectivity index (χ2n) is 5.17. The summed E-state index contributed by atoms with van der Waals surface area (Å²) < 4.78 is 5.27. The lowest BCUT2D eigenvalue weighted by Crippen LogP contribution is -2.40. The minimum Gasteiger partial charge on any atom is -0.497 e. The number of nitrogens with two attached hydrogens (primary N) is 1. The van der Waals surface area contributed by atoms with E-state index >= 15 is 0 Å². The fourth-order valence-electron chi connectivity index (χ4n) is 2.58. The van der Waals surface area contributed by atoms with E-state index < -0.39 is 0 Å². The number of hydrogen-bond acceptors (Lipinski definition) is 4. The van der Waals surface area contributed by atoms with Crippen LogP contribution in [-0.4, -0.2) is 35.9 Å². The first-order chi connectivity index (χ1) is 9.08. The smallest absolute Gasteiger partial charge is 0.122 e. The van der Waals surface area contributed by atoms with Crippen LogP contribution in [0, 0.1) is 18.3 Å². The summed E-state index contributed by atoms with van der Waals surface area (Å²) in [5.74, 6) is 1.35. The largest absolute Gasteiger partial charge is 0.497 e. The van der Waals surface area contributed by atoms with Gasteiger partial charge in [0.25, 0.3) is 0 Å². The van der Waals surface area contributed by atoms with Gasteiger partial charge in [0.05, 0.1) is 18.6 Å². The molecule has 1 aromatic heterocycles. The predicted octanol–water partition coefficient (Wildman–Crippen LogP) is 1.55. The third-order valence-corrected chi connectivity index (χ3v) is 3.55. The first-order valence-corrected chi connectivity index (χ1v) is 6.66. The Morgan fingerprint density at radius 3 is 3.05 bits per heavy atom. The fraction of sp³-hybridized carbons (Fsp3) is 0.571. The van der Waals surface area contributed by atoms with Crippen molar-refractivity contribution in [2.24, 2.45) is 11.7 Å². The molecule has 19 heavy (non-hydrogen) atoms. The highest BCUT2D eigenvalue weighted by Crippen LogP contribution is 2.20. The van der Waals surface area contributed by atoms with E-state index in [1.165, 1.54) is 0 Å². The van der Waals surface area contributed by atoms with E-state index in [1.807, 2.05) is 19.1 Å². The topological polar surface area (TPSA) is 75.2 Å². The third-order valence-electron chi connectivity index (χ3n) is 3.55. The number of aryl methyl sites for hydroxylation is 1. The number of pyridine rings is 1. The zero-order valence-corrected chi connectivity index (χ0v) is 11.6. The molecule has 1 fully saturated rings. The van der Waals surface area contributed by atoms with Crippen molar-refractivity contribution in [1.29, 1.82) is 5.41 Å². The zero-order chi connectivity index (χ0) is 13.8. The molecule has 0 aromatic carbocycles. The van der Waals surface area contributed by atoms with Gasteiger partial charge in [-0.05, 0) is 26.3 Å². The predicted molar refractivity (Wildman–Crippen MR) is 75.4 cm³/mol. The molecule has 1 atom stereocenters. The molecule has 5 nitrogen and oxygen atoms in total. The van der Waals surface area contributed by atoms with Crippen LogP contribution in [0.4, 0.5) is 0 Å². The fourth-order valence-corrected chi connectivity index (χ4v) is 2.58. The van der Waals surface area contributed by atoms with Gasteiger partial charge in [-0.3, -0.25) is 15.3 Å². The van der Waals surface area contributed by atoms with Crippen LogP contribution < -0.4 is 10.5 Å². The van der Waals surface area contributed by atoms with Crippen LogP contribution in [0.2, 0.25) is 0 Å². The Labute approximate surface area is 114 Å². The molecule has 1 saturated heterocycles. The lowest BCUT2D eigenvalue weighted by Gasteiger charge is -2.31. The minimum absolute atomic E-state index is 0.195. The molecule has 2 rings (SSSR count). The average Bonchev–Trinajstić information content (AvgIpc) is 2.38. The Bertz CT molecular complexity index is 461. The first kappa shape index (κ1) is 13.8. The Balaban J connectivity index is 2.04. The molecule has 0 saturated carbocycles. The van der Waals surface area contributed by atoms with Crippen molar-refractivity contribution in [2.45, 2.75) is 26.3 Å². The maximum atomic E-state index is 7.57. The van der Waals surface area contributed by atoms with Gasteiger partial charge in [-0.25, -0.2) is 0 Å². The quantitative estimate of drug-likeness (QED) is 0.637. The molecular formula is C14H22N4O. The van der Waals surface area contributed by atoms with E-state index in [2.05, 4.69) is 9.88 Å². The van der Waals surface area contributed by atoms with Crippen LogP contribution in [0.3, 0.4) is 0 Å². The van der Waals surface area contributed by atoms with Crippen LogP contribution in [0.15, 0.2) is 12.1 Å². The minimum atomic E-state index is 0.195. The van der Waals surface area contributed by atoms with Gasteiger partial charge in [0.15, 0.2) is 0 Å². The van der Waals surface area contributed by atoms with E-state index in [0.717, 1.165) is 49.6 Å². The summed E-state index contributed by atoms with van der Waals surface area (Å²) >= 11 is 0. The van der Waals surface area contributed by atoms with Crippen molar-refractivity contribution < 1.29 is 4.74 Å². The van der Waals surface area contributed by atoms with Crippen LogP contribution in [0.25, 0.3) is 0 Å². The van der Waals surface area contributed by atoms with Crippen molar-refractivity contribution in [3.05, 3.63) is 23.5 Å². The van der Waals surface area contributed by atoms with Gasteiger partial charge in [0.2, 0.25) is 0 Å². The van der Waals surface area contributed by atoms with Crippen molar-refractivity contribution in [3.63, 3.8) is 0 Å². The van der Waals surface area contributed by atoms with E-state index in [4.69, 9.17) is 15.9 Å². The van der Waals surface area contributed by atoms with Crippen molar-refractivity contribution in [1.82, 2.24) is 9.88 Å². The van der Waals surface area contributed by atoms with Gasteiger partial charge >= 0.3 is 0 Å². The summed E-state index contributed by atoms with van der Waals surface area (Å²) in [6.07, 6.45) is 2.11. The molecule has 2 heterocycles. The van der Waals surface area contributed by atoms with Crippen LogP contribution in [0.1, 0.15) is 24.2 Å². The number of amidine groups is 1. The Morgan fingerprint density at radius 2 is 2.37 bits per heavy atom. The number of ether oxygens (including phenoxy) is 1. The van der Waals surface area contributed by atoms with E-state index in [1.54, 1.807) is 7.11 Å². The number of likely N-dealkylation sites (tertiary alicyclic amines) is 1. The summed E-state index contributed by atoms with van der Waals surface area (Å²) in [5.41, 5.74) is 7.60. The molecule has 0 aliphatic carbocycles. The summed E-state index contributed by atoms with van der Waals surface area (Å²) in [5, 5.41) is 7.57. The maximum Gasteiger partial charge on any atom is 0.122 e. The number of aromatic nitrogens is 1. The summed E-state index contributed by atoms with van der Waals surface area (Å²) in [6.45, 7) is 4.66. The van der Waals surface area contributed by atoms with Crippen molar-refractivity contribution in [3.8, 4) is 5.75 Å². The highest BCUT2D eigenvalue weighted by molar-refractivity contribution is 5.79. The number of rotatable bonds is 4. The van der Waals surface area contributed by atoms with Gasteiger partial charge in [-0.15, -0.1) is 0 Å². The van der Waals surface area contributed by atoms with E-state index in [9.17, 15) is 0 Å². The third kappa shape index (κ3) is 3.67. The monoisotopic (exact) mass is 262 g/mol. The van der Waals surface area contributed by atoms with Gasteiger partial charge in [-0.1, -0.05) is 0 Å². The van der Waals surface area contributed by atoms with Gasteiger partial charge in [-0.2, -0.15) is 0 Å². The number of hydrogen-bond donors (Lipinski definition) is 2. The summed E-state index contributed by atoms with van der Waals surface area (Å²) in [4.78, 5) is 6.86. The Morgan fingerprint density at radius 1 is 1.58 bits per heavy atom. The number of methoxy groups -OCH3 is 1. The molecule has 1 unspecified atom stereocenters. The molecule has 3 N–H and O–H groups in total. The van der Waals surface area contributed by atoms with Gasteiger partial charge in [0, 0.05) is 36.8 Å². The van der Waals surface area contributed by atoms with Crippen molar-refractivity contribution >= 4 is 5.84 Å². The molecule has 0 amide bonds. The van der Waals surface area contributed by atoms with Crippen LogP contribution >= 0.6 is 0 Å². The summed E-state index contributed by atoms with van der Waals surface area (Å²) in [7, 11) is 1.67. The molecular weight excluding hydrogens is 240 g/mol. The number of nitrogens with one attached hydrogen (secondary N) is 1. The van der Waals surface area contributed by atoms with E-state index in [0.29, 0.717) is 5.84 Å². The second-order valence-corrected chi connectivity index (χ2v) is 5.17. The molecule has 0 radical (unpaired) electrons. The van der Waals surface area contributed by atoms with E-state index in [-0.39, 0.29) is 5.92 Å². The molecule has 104 valence electrons. The highest BCUT2D eigenvalue weighted by Gasteiger charge is 2.22. The normalized spacial score (nSPS) is 20.2. The first-order valence-electron chi connectivity index (χ1n) is 6.66. The molecule has 1 aliphatic heterocycles. The number of nitrogens with zero attached hydrogens (tertiary/aromatic N) is 2. The lowest BCUT2D eigenvalue weighted by molar-refractivity contribution is 0.193. The zero-order valence-electron chi connectivity index (χ0n) is 11.6. The maximum absolute atomic E-state index is 7.57. The lowest BCUT2D eigenvalue weighted by atomic mass is 9.97. The van der Waals surface area contributed by atoms with Gasteiger partial charge < -0.3 is 10.5 Å². The number of piperidine rings is 1.